The fourth-order valence-corrected chi connectivity index (χ4v) is 7.15. The number of hydrogen-bond donors (Lipinski definition) is 1. The minimum Gasteiger partial charge on any atom is -0.491 e. The Morgan fingerprint density at radius 3 is 2.66 bits per heavy atom. The number of carboxylic acids is 1. The van der Waals surface area contributed by atoms with E-state index < -0.39 is 11.6 Å². The number of alkyl halides is 1. The summed E-state index contributed by atoms with van der Waals surface area (Å²) in [6.45, 7) is 7.67. The lowest BCUT2D eigenvalue weighted by molar-refractivity contribution is 0.0699. The van der Waals surface area contributed by atoms with Crippen LogP contribution in [0.2, 0.25) is 5.02 Å². The fraction of sp³-hybridized carbons (Fsp3) is 0.333. The predicted molar refractivity (Wildman–Crippen MR) is 180 cm³/mol. The smallest absolute Gasteiger partial charge is 0.338 e. The Kier molecular flexibility index (Phi) is 8.84. The standard InChI is InChI=1S/C33H31ClFN7O4S/c1-19-39-25-16-38-30(41-10-8-40(9-11-41)18-33(2,3)35)23(15-36)27(25)31(43)42(19)12-13-46-26-5-4-20(34)14-22(26)21-6-7-37-28-24(32(44)45)17-47-29(21)28/h4-7,14,16-17H,8-13,18H2,1-3H3,(H,44,45). The summed E-state index contributed by atoms with van der Waals surface area (Å²) in [4.78, 5) is 43.0. The van der Waals surface area contributed by atoms with Crippen molar-refractivity contribution in [3.63, 3.8) is 0 Å². The Balaban J connectivity index is 1.27. The Morgan fingerprint density at radius 2 is 1.96 bits per heavy atom. The lowest BCUT2D eigenvalue weighted by Crippen LogP contribution is -2.50. The van der Waals surface area contributed by atoms with E-state index in [1.165, 1.54) is 22.1 Å². The Bertz CT molecular complexity index is 2110. The van der Waals surface area contributed by atoms with Crippen LogP contribution in [0.5, 0.6) is 5.75 Å². The molecule has 5 aromatic rings. The quantitative estimate of drug-likeness (QED) is 0.212. The van der Waals surface area contributed by atoms with E-state index in [-0.39, 0.29) is 35.2 Å². The molecular formula is C33H31ClFN7O4S. The van der Waals surface area contributed by atoms with Crippen LogP contribution in [0.3, 0.4) is 0 Å². The first-order valence-electron chi connectivity index (χ1n) is 14.9. The summed E-state index contributed by atoms with van der Waals surface area (Å²) in [5.41, 5.74) is 0.683. The summed E-state index contributed by atoms with van der Waals surface area (Å²) < 4.78 is 22.6. The molecule has 1 aliphatic heterocycles. The predicted octanol–water partition coefficient (Wildman–Crippen LogP) is 5.55. The average molecular weight is 676 g/mol. The first-order chi connectivity index (χ1) is 22.4. The molecule has 0 saturated carbocycles. The fourth-order valence-electron chi connectivity index (χ4n) is 5.95. The molecule has 0 amide bonds. The van der Waals surface area contributed by atoms with E-state index in [1.54, 1.807) is 56.6 Å². The molecule has 242 valence electrons. The summed E-state index contributed by atoms with van der Waals surface area (Å²) in [5.74, 6) is 0.292. The zero-order valence-corrected chi connectivity index (χ0v) is 27.5. The highest BCUT2D eigenvalue weighted by molar-refractivity contribution is 7.18. The van der Waals surface area contributed by atoms with Crippen molar-refractivity contribution in [2.45, 2.75) is 33.0 Å². The zero-order chi connectivity index (χ0) is 33.5. The molecule has 14 heteroatoms. The molecule has 47 heavy (non-hydrogen) atoms. The number of hydrogen-bond acceptors (Lipinski definition) is 10. The SMILES string of the molecule is Cc1nc2cnc(N3CCN(CC(C)(C)F)CC3)c(C#N)c2c(=O)n1CCOc1ccc(Cl)cc1-c1ccnc2c(C(=O)O)csc12. The molecule has 0 spiro atoms. The van der Waals surface area contributed by atoms with Crippen LogP contribution in [0.1, 0.15) is 35.6 Å². The van der Waals surface area contributed by atoms with E-state index in [0.29, 0.717) is 76.4 Å². The molecule has 0 bridgehead atoms. The first-order valence-corrected chi connectivity index (χ1v) is 16.2. The number of rotatable bonds is 9. The zero-order valence-electron chi connectivity index (χ0n) is 26.0. The van der Waals surface area contributed by atoms with Crippen LogP contribution < -0.4 is 15.2 Å². The van der Waals surface area contributed by atoms with Gasteiger partial charge in [-0.3, -0.25) is 19.2 Å². The lowest BCUT2D eigenvalue weighted by Gasteiger charge is -2.37. The number of benzene rings is 1. The average Bonchev–Trinajstić information content (AvgIpc) is 3.47. The van der Waals surface area contributed by atoms with Gasteiger partial charge in [-0.05, 0) is 45.0 Å². The number of piperazine rings is 1. The third-order valence-electron chi connectivity index (χ3n) is 8.04. The number of halogens is 2. The number of fused-ring (bicyclic) bond motifs is 2. The Morgan fingerprint density at radius 1 is 1.19 bits per heavy atom. The van der Waals surface area contributed by atoms with Crippen molar-refractivity contribution in [2.75, 3.05) is 44.2 Å². The van der Waals surface area contributed by atoms with Gasteiger partial charge in [0.05, 0.1) is 39.4 Å². The molecule has 11 nitrogen and oxygen atoms in total. The summed E-state index contributed by atoms with van der Waals surface area (Å²) in [6, 6.07) is 9.13. The van der Waals surface area contributed by atoms with Gasteiger partial charge in [0.25, 0.3) is 5.56 Å². The van der Waals surface area contributed by atoms with Gasteiger partial charge in [-0.2, -0.15) is 5.26 Å². The second kappa shape index (κ2) is 12.9. The number of ether oxygens (including phenoxy) is 1. The summed E-state index contributed by atoms with van der Waals surface area (Å²) in [7, 11) is 0. The van der Waals surface area contributed by atoms with Crippen LogP contribution in [0.25, 0.3) is 32.2 Å². The molecule has 1 aromatic carbocycles. The van der Waals surface area contributed by atoms with Gasteiger partial charge in [0.15, 0.2) is 0 Å². The Hall–Kier alpha value is -4.64. The van der Waals surface area contributed by atoms with Crippen molar-refractivity contribution >= 4 is 55.8 Å². The second-order valence-corrected chi connectivity index (χ2v) is 13.2. The number of aryl methyl sites for hydroxylation is 1. The van der Waals surface area contributed by atoms with Crippen molar-refractivity contribution in [3.8, 4) is 22.9 Å². The van der Waals surface area contributed by atoms with Crippen molar-refractivity contribution in [2.24, 2.45) is 0 Å². The van der Waals surface area contributed by atoms with Gasteiger partial charge in [-0.1, -0.05) is 11.6 Å². The number of nitrogens with zero attached hydrogens (tertiary/aromatic N) is 7. The molecule has 1 fully saturated rings. The van der Waals surface area contributed by atoms with E-state index in [2.05, 4.69) is 21.0 Å². The van der Waals surface area contributed by atoms with Gasteiger partial charge in [0.2, 0.25) is 0 Å². The van der Waals surface area contributed by atoms with Crippen LogP contribution in [0, 0.1) is 18.3 Å². The van der Waals surface area contributed by atoms with Crippen LogP contribution in [0.15, 0.2) is 46.8 Å². The van der Waals surface area contributed by atoms with Gasteiger partial charge in [0.1, 0.15) is 41.3 Å². The number of carbonyl (C=O) groups is 1. The Labute approximate surface area is 278 Å². The number of anilines is 1. The number of thiophene rings is 1. The van der Waals surface area contributed by atoms with Gasteiger partial charge in [-0.15, -0.1) is 11.3 Å². The molecule has 6 rings (SSSR count). The molecule has 0 aliphatic carbocycles. The molecular weight excluding hydrogens is 645 g/mol. The maximum absolute atomic E-state index is 14.2. The normalized spacial score (nSPS) is 14.1. The highest BCUT2D eigenvalue weighted by Gasteiger charge is 2.27. The van der Waals surface area contributed by atoms with Gasteiger partial charge in [0, 0.05) is 60.5 Å². The number of nitriles is 1. The van der Waals surface area contributed by atoms with Crippen molar-refractivity contribution in [1.29, 1.82) is 5.26 Å². The van der Waals surface area contributed by atoms with Gasteiger partial charge >= 0.3 is 5.97 Å². The second-order valence-electron chi connectivity index (χ2n) is 11.9. The van der Waals surface area contributed by atoms with E-state index in [0.717, 1.165) is 5.56 Å². The molecule has 4 aromatic heterocycles. The highest BCUT2D eigenvalue weighted by atomic mass is 35.5. The number of aromatic nitrogens is 4. The molecule has 1 aliphatic rings. The molecule has 1 N–H and O–H groups in total. The minimum atomic E-state index is -1.31. The summed E-state index contributed by atoms with van der Waals surface area (Å²) in [5, 5.41) is 22.0. The highest BCUT2D eigenvalue weighted by Crippen LogP contribution is 2.39. The summed E-state index contributed by atoms with van der Waals surface area (Å²) in [6.07, 6.45) is 3.07. The largest absolute Gasteiger partial charge is 0.491 e. The third kappa shape index (κ3) is 6.49. The van der Waals surface area contributed by atoms with Crippen molar-refractivity contribution in [3.05, 3.63) is 74.4 Å². The molecule has 0 unspecified atom stereocenters. The van der Waals surface area contributed by atoms with Gasteiger partial charge in [-0.25, -0.2) is 19.2 Å². The lowest BCUT2D eigenvalue weighted by atomic mass is 10.0. The number of carboxylic acid groups (broad SMARTS) is 1. The van der Waals surface area contributed by atoms with Crippen LogP contribution >= 0.6 is 22.9 Å². The molecule has 0 atom stereocenters. The number of aromatic carboxylic acids is 1. The topological polar surface area (TPSA) is 137 Å². The van der Waals surface area contributed by atoms with Crippen LogP contribution in [-0.2, 0) is 6.54 Å². The molecule has 1 saturated heterocycles. The van der Waals surface area contributed by atoms with Gasteiger partial charge < -0.3 is 14.7 Å². The van der Waals surface area contributed by atoms with Crippen molar-refractivity contribution in [1.82, 2.24) is 24.4 Å². The first kappa shape index (κ1) is 32.3. The minimum absolute atomic E-state index is 0.0916. The molecule has 0 radical (unpaired) electrons. The van der Waals surface area contributed by atoms with Crippen molar-refractivity contribution < 1.29 is 19.0 Å². The summed E-state index contributed by atoms with van der Waals surface area (Å²) >= 11 is 7.64. The van der Waals surface area contributed by atoms with E-state index in [1.807, 2.05) is 9.80 Å². The van der Waals surface area contributed by atoms with Crippen LogP contribution in [-0.4, -0.2) is 80.5 Å². The third-order valence-corrected chi connectivity index (χ3v) is 9.28. The van der Waals surface area contributed by atoms with E-state index >= 15 is 0 Å². The molecule has 5 heterocycles. The monoisotopic (exact) mass is 675 g/mol. The van der Waals surface area contributed by atoms with E-state index in [4.69, 9.17) is 16.3 Å². The maximum atomic E-state index is 14.2. The van der Waals surface area contributed by atoms with Crippen LogP contribution in [0.4, 0.5) is 10.2 Å². The number of pyridine rings is 2. The maximum Gasteiger partial charge on any atom is 0.338 e. The van der Waals surface area contributed by atoms with E-state index in [9.17, 15) is 24.3 Å².